The van der Waals surface area contributed by atoms with E-state index in [2.05, 4.69) is 10.5 Å². The molecule has 1 aromatic heterocycles. The van der Waals surface area contributed by atoms with Crippen LogP contribution < -0.4 is 5.32 Å². The summed E-state index contributed by atoms with van der Waals surface area (Å²) in [4.78, 5) is 28.6. The van der Waals surface area contributed by atoms with E-state index >= 15 is 0 Å². The highest BCUT2D eigenvalue weighted by Crippen LogP contribution is 2.41. The molecule has 2 aliphatic rings. The van der Waals surface area contributed by atoms with Gasteiger partial charge in [0.2, 0.25) is 0 Å². The number of urea groups is 1. The minimum Gasteiger partial charge on any atom is -0.361 e. The topological polar surface area (TPSA) is 78.7 Å². The second-order valence-electron chi connectivity index (χ2n) is 8.29. The Morgan fingerprint density at radius 2 is 1.68 bits per heavy atom. The van der Waals surface area contributed by atoms with Crippen LogP contribution in [0.4, 0.5) is 23.7 Å². The number of piperidine rings is 1. The SMILES string of the molecule is Cc1cc(C(=O)N2CCC3(CCN(C(=O)Nc4ccc(C(F)(F)F)cc4)C3)CC2)no1. The Hall–Kier alpha value is -3.04. The van der Waals surface area contributed by atoms with Gasteiger partial charge in [-0.3, -0.25) is 4.79 Å². The van der Waals surface area contributed by atoms with Crippen molar-refractivity contribution in [3.63, 3.8) is 0 Å². The van der Waals surface area contributed by atoms with Crippen LogP contribution in [0.2, 0.25) is 0 Å². The molecular formula is C21H23F3N4O3. The molecule has 4 rings (SSSR count). The van der Waals surface area contributed by atoms with E-state index < -0.39 is 11.7 Å². The van der Waals surface area contributed by atoms with Gasteiger partial charge >= 0.3 is 12.2 Å². The molecule has 2 aromatic rings. The lowest BCUT2D eigenvalue weighted by atomic mass is 9.77. The monoisotopic (exact) mass is 436 g/mol. The summed E-state index contributed by atoms with van der Waals surface area (Å²) in [5.74, 6) is 0.434. The van der Waals surface area contributed by atoms with Gasteiger partial charge in [-0.1, -0.05) is 5.16 Å². The fourth-order valence-electron chi connectivity index (χ4n) is 4.28. The van der Waals surface area contributed by atoms with Gasteiger partial charge in [0.25, 0.3) is 5.91 Å². The quantitative estimate of drug-likeness (QED) is 0.767. The van der Waals surface area contributed by atoms with Gasteiger partial charge in [-0.05, 0) is 55.9 Å². The fourth-order valence-corrected chi connectivity index (χ4v) is 4.28. The highest BCUT2D eigenvalue weighted by atomic mass is 19.4. The first kappa shape index (κ1) is 21.2. The van der Waals surface area contributed by atoms with Crippen LogP contribution in [0.3, 0.4) is 0 Å². The molecule has 1 spiro atoms. The Morgan fingerprint density at radius 1 is 1.06 bits per heavy atom. The van der Waals surface area contributed by atoms with Crippen molar-refractivity contribution in [1.29, 1.82) is 0 Å². The van der Waals surface area contributed by atoms with E-state index in [-0.39, 0.29) is 17.4 Å². The van der Waals surface area contributed by atoms with E-state index in [1.54, 1.807) is 22.8 Å². The van der Waals surface area contributed by atoms with Crippen molar-refractivity contribution in [1.82, 2.24) is 15.0 Å². The maximum absolute atomic E-state index is 12.7. The number of nitrogens with one attached hydrogen (secondary N) is 1. The first-order valence-electron chi connectivity index (χ1n) is 10.1. The number of alkyl halides is 3. The number of rotatable bonds is 2. The second-order valence-corrected chi connectivity index (χ2v) is 8.29. The Kier molecular flexibility index (Phi) is 5.40. The van der Waals surface area contributed by atoms with Gasteiger partial charge in [0.15, 0.2) is 5.69 Å². The van der Waals surface area contributed by atoms with Crippen molar-refractivity contribution in [3.05, 3.63) is 47.3 Å². The van der Waals surface area contributed by atoms with Crippen LogP contribution in [0.5, 0.6) is 0 Å². The molecule has 31 heavy (non-hydrogen) atoms. The van der Waals surface area contributed by atoms with Gasteiger partial charge in [0.1, 0.15) is 5.76 Å². The molecule has 2 aliphatic heterocycles. The third kappa shape index (κ3) is 4.52. The highest BCUT2D eigenvalue weighted by molar-refractivity contribution is 5.92. The summed E-state index contributed by atoms with van der Waals surface area (Å²) in [6.45, 7) is 4.03. The smallest absolute Gasteiger partial charge is 0.361 e. The third-order valence-electron chi connectivity index (χ3n) is 6.15. The lowest BCUT2D eigenvalue weighted by molar-refractivity contribution is -0.137. The van der Waals surface area contributed by atoms with Crippen molar-refractivity contribution < 1.29 is 27.3 Å². The van der Waals surface area contributed by atoms with Crippen LogP contribution >= 0.6 is 0 Å². The van der Waals surface area contributed by atoms with E-state index in [1.165, 1.54) is 12.1 Å². The average Bonchev–Trinajstić information content (AvgIpc) is 3.35. The van der Waals surface area contributed by atoms with Crippen LogP contribution in [0, 0.1) is 12.3 Å². The summed E-state index contributed by atoms with van der Waals surface area (Å²) in [6.07, 6.45) is -2.02. The number of carbonyl (C=O) groups is 2. The molecule has 2 fully saturated rings. The van der Waals surface area contributed by atoms with Crippen molar-refractivity contribution in [2.75, 3.05) is 31.5 Å². The van der Waals surface area contributed by atoms with Gasteiger partial charge in [-0.15, -0.1) is 0 Å². The summed E-state index contributed by atoms with van der Waals surface area (Å²) in [5.41, 5.74) is -0.180. The zero-order valence-corrected chi connectivity index (χ0v) is 17.0. The Bertz CT molecular complexity index is 963. The number of hydrogen-bond acceptors (Lipinski definition) is 4. The predicted molar refractivity (Wildman–Crippen MR) is 105 cm³/mol. The maximum Gasteiger partial charge on any atom is 0.416 e. The number of carbonyl (C=O) groups excluding carboxylic acids is 2. The molecule has 0 unspecified atom stereocenters. The lowest BCUT2D eigenvalue weighted by Gasteiger charge is -2.39. The molecule has 0 saturated carbocycles. The number of anilines is 1. The molecular weight excluding hydrogens is 413 g/mol. The number of nitrogens with zero attached hydrogens (tertiary/aromatic N) is 3. The Morgan fingerprint density at radius 3 is 2.23 bits per heavy atom. The number of likely N-dealkylation sites (tertiary alicyclic amines) is 2. The van der Waals surface area contributed by atoms with Crippen molar-refractivity contribution in [2.24, 2.45) is 5.41 Å². The second kappa shape index (κ2) is 7.90. The number of halogens is 3. The normalized spacial score (nSPS) is 18.5. The van der Waals surface area contributed by atoms with E-state index in [0.29, 0.717) is 43.3 Å². The van der Waals surface area contributed by atoms with Gasteiger partial charge in [0, 0.05) is 37.9 Å². The van der Waals surface area contributed by atoms with Crippen LogP contribution in [0.15, 0.2) is 34.9 Å². The molecule has 0 radical (unpaired) electrons. The number of benzene rings is 1. The molecule has 7 nitrogen and oxygen atoms in total. The molecule has 0 aliphatic carbocycles. The molecule has 0 atom stereocenters. The number of hydrogen-bond donors (Lipinski definition) is 1. The third-order valence-corrected chi connectivity index (χ3v) is 6.15. The summed E-state index contributed by atoms with van der Waals surface area (Å²) >= 11 is 0. The molecule has 3 heterocycles. The van der Waals surface area contributed by atoms with Crippen LogP contribution in [-0.2, 0) is 6.18 Å². The number of amides is 3. The molecule has 0 bridgehead atoms. The summed E-state index contributed by atoms with van der Waals surface area (Å²) in [5, 5.41) is 6.46. The number of aromatic nitrogens is 1. The average molecular weight is 436 g/mol. The fraction of sp³-hybridized carbons (Fsp3) is 0.476. The van der Waals surface area contributed by atoms with Crippen LogP contribution in [0.25, 0.3) is 0 Å². The molecule has 1 aromatic carbocycles. The van der Waals surface area contributed by atoms with Crippen molar-refractivity contribution >= 4 is 17.6 Å². The molecule has 3 amide bonds. The zero-order valence-electron chi connectivity index (χ0n) is 17.0. The van der Waals surface area contributed by atoms with Crippen LogP contribution in [-0.4, -0.2) is 53.1 Å². The van der Waals surface area contributed by atoms with Crippen LogP contribution in [0.1, 0.15) is 41.1 Å². The summed E-state index contributed by atoms with van der Waals surface area (Å²) < 4.78 is 43.0. The van der Waals surface area contributed by atoms with Gasteiger partial charge in [-0.2, -0.15) is 13.2 Å². The minimum absolute atomic E-state index is 0.0476. The molecule has 166 valence electrons. The van der Waals surface area contributed by atoms with Gasteiger partial charge < -0.3 is 19.6 Å². The summed E-state index contributed by atoms with van der Waals surface area (Å²) in [7, 11) is 0. The predicted octanol–water partition coefficient (Wildman–Crippen LogP) is 4.16. The van der Waals surface area contributed by atoms with Gasteiger partial charge in [0.05, 0.1) is 5.56 Å². The van der Waals surface area contributed by atoms with E-state index in [9.17, 15) is 22.8 Å². The van der Waals surface area contributed by atoms with E-state index in [0.717, 1.165) is 31.4 Å². The molecule has 10 heteroatoms. The van der Waals surface area contributed by atoms with E-state index in [1.807, 2.05) is 0 Å². The number of aryl methyl sites for hydroxylation is 1. The Labute approximate surface area is 177 Å². The minimum atomic E-state index is -4.41. The maximum atomic E-state index is 12.7. The standard InChI is InChI=1S/C21H23F3N4O3/c1-14-12-17(26-31-14)18(29)27-9-6-20(7-10-27)8-11-28(13-20)19(30)25-16-4-2-15(3-5-16)21(22,23)24/h2-5,12H,6-11,13H2,1H3,(H,25,30). The van der Waals surface area contributed by atoms with Crippen molar-refractivity contribution in [3.8, 4) is 0 Å². The molecule has 1 N–H and O–H groups in total. The van der Waals surface area contributed by atoms with Gasteiger partial charge in [-0.25, -0.2) is 4.79 Å². The largest absolute Gasteiger partial charge is 0.416 e. The lowest BCUT2D eigenvalue weighted by Crippen LogP contribution is -2.45. The van der Waals surface area contributed by atoms with Crippen molar-refractivity contribution in [2.45, 2.75) is 32.4 Å². The first-order valence-corrected chi connectivity index (χ1v) is 10.1. The van der Waals surface area contributed by atoms with E-state index in [4.69, 9.17) is 4.52 Å². The highest BCUT2D eigenvalue weighted by Gasteiger charge is 2.43. The zero-order chi connectivity index (χ0) is 22.2. The first-order chi connectivity index (χ1) is 14.7. The summed E-state index contributed by atoms with van der Waals surface area (Å²) in [6, 6.07) is 5.70. The molecule has 2 saturated heterocycles. The Balaban J connectivity index is 1.31.